The maximum atomic E-state index is 14.2. The monoisotopic (exact) mass is 585 g/mol. The van der Waals surface area contributed by atoms with Crippen molar-refractivity contribution < 1.29 is 40.0 Å². The van der Waals surface area contributed by atoms with Gasteiger partial charge < -0.3 is 10.6 Å². The van der Waals surface area contributed by atoms with Crippen LogP contribution in [0.15, 0.2) is 47.4 Å². The van der Waals surface area contributed by atoms with Gasteiger partial charge in [-0.15, -0.1) is 0 Å². The highest BCUT2D eigenvalue weighted by molar-refractivity contribution is 7.90. The Labute approximate surface area is 223 Å². The Hall–Kier alpha value is -3.71. The quantitative estimate of drug-likeness (QED) is 0.397. The zero-order chi connectivity index (χ0) is 28.4. The average Bonchev–Trinajstić information content (AvgIpc) is 3.27. The van der Waals surface area contributed by atoms with E-state index in [2.05, 4.69) is 10.6 Å². The molecule has 2 N–H and O–H groups in total. The van der Waals surface area contributed by atoms with Crippen molar-refractivity contribution in [3.63, 3.8) is 0 Å². The number of nitrogens with one attached hydrogen (secondary N) is 2. The summed E-state index contributed by atoms with van der Waals surface area (Å²) in [6.07, 6.45) is -3.87. The van der Waals surface area contributed by atoms with Crippen LogP contribution in [-0.2, 0) is 22.4 Å². The third-order valence-corrected chi connectivity index (χ3v) is 7.97. The first-order valence-electron chi connectivity index (χ1n) is 11.3. The van der Waals surface area contributed by atoms with E-state index >= 15 is 0 Å². The molecule has 2 aliphatic rings. The highest BCUT2D eigenvalue weighted by Crippen LogP contribution is 2.48. The summed E-state index contributed by atoms with van der Waals surface area (Å²) in [4.78, 5) is 27.1. The number of hydrogen-bond acceptors (Lipinski definition) is 4. The number of urea groups is 1. The molecule has 0 aliphatic carbocycles. The number of halogens is 6. The minimum absolute atomic E-state index is 0.0475. The third-order valence-electron chi connectivity index (χ3n) is 6.46. The highest BCUT2D eigenvalue weighted by atomic mass is 35.5. The van der Waals surface area contributed by atoms with Gasteiger partial charge in [-0.3, -0.25) is 9.69 Å². The summed E-state index contributed by atoms with van der Waals surface area (Å²) < 4.78 is 93.3. The lowest BCUT2D eigenvalue weighted by atomic mass is 9.91. The lowest BCUT2D eigenvalue weighted by Gasteiger charge is -2.35. The number of nitrogens with zero attached hydrogens (tertiary/aromatic N) is 1. The molecule has 39 heavy (non-hydrogen) atoms. The summed E-state index contributed by atoms with van der Waals surface area (Å²) in [6, 6.07) is 3.98. The Morgan fingerprint density at radius 2 is 1.82 bits per heavy atom. The van der Waals surface area contributed by atoms with Crippen molar-refractivity contribution in [3.05, 3.63) is 86.9 Å². The molecule has 1 unspecified atom stereocenters. The van der Waals surface area contributed by atoms with Crippen molar-refractivity contribution >= 4 is 44.8 Å². The molecule has 0 saturated heterocycles. The molecule has 2 heterocycles. The van der Waals surface area contributed by atoms with Gasteiger partial charge in [-0.25, -0.2) is 22.0 Å². The molecule has 7 nitrogen and oxygen atoms in total. The van der Waals surface area contributed by atoms with E-state index < -0.39 is 56.8 Å². The number of sulfone groups is 1. The van der Waals surface area contributed by atoms with Crippen LogP contribution in [0.25, 0.3) is 0 Å². The van der Waals surface area contributed by atoms with Gasteiger partial charge in [-0.1, -0.05) is 11.6 Å². The second-order valence-corrected chi connectivity index (χ2v) is 11.5. The molecule has 14 heteroatoms. The number of carbonyl (C=O) groups excluding carboxylic acids is 2. The van der Waals surface area contributed by atoms with Crippen LogP contribution in [0.3, 0.4) is 0 Å². The summed E-state index contributed by atoms with van der Waals surface area (Å²) in [5.41, 5.74) is -1.63. The summed E-state index contributed by atoms with van der Waals surface area (Å²) in [6.45, 7) is 0.0938. The predicted molar refractivity (Wildman–Crippen MR) is 132 cm³/mol. The summed E-state index contributed by atoms with van der Waals surface area (Å²) in [5.74, 6) is -3.19. The Morgan fingerprint density at radius 3 is 2.49 bits per heavy atom. The molecule has 3 aromatic rings. The Morgan fingerprint density at radius 1 is 1.10 bits per heavy atom. The van der Waals surface area contributed by atoms with E-state index in [1.807, 2.05) is 0 Å². The second-order valence-electron chi connectivity index (χ2n) is 9.07. The molecule has 3 amide bonds. The first kappa shape index (κ1) is 26.9. The number of hydrogen-bond donors (Lipinski definition) is 2. The Kier molecular flexibility index (Phi) is 6.34. The molecular formula is C25H17ClF5N3O4S. The average molecular weight is 586 g/mol. The van der Waals surface area contributed by atoms with E-state index in [1.54, 1.807) is 0 Å². The first-order valence-corrected chi connectivity index (χ1v) is 13.5. The van der Waals surface area contributed by atoms with Crippen LogP contribution in [0.1, 0.15) is 38.7 Å². The van der Waals surface area contributed by atoms with Crippen molar-refractivity contribution in [2.24, 2.45) is 0 Å². The van der Waals surface area contributed by atoms with Crippen LogP contribution in [0.4, 0.5) is 38.1 Å². The van der Waals surface area contributed by atoms with Crippen LogP contribution in [0.2, 0.25) is 5.02 Å². The largest absolute Gasteiger partial charge is 0.416 e. The Balaban J connectivity index is 1.73. The van der Waals surface area contributed by atoms with Gasteiger partial charge >= 0.3 is 12.2 Å². The molecule has 1 atom stereocenters. The van der Waals surface area contributed by atoms with E-state index in [1.165, 1.54) is 11.0 Å². The summed E-state index contributed by atoms with van der Waals surface area (Å²) >= 11 is 6.31. The number of carbonyl (C=O) groups is 2. The van der Waals surface area contributed by atoms with Crippen LogP contribution >= 0.6 is 11.6 Å². The van der Waals surface area contributed by atoms with Crippen molar-refractivity contribution in [3.8, 4) is 0 Å². The molecule has 2 aliphatic heterocycles. The maximum absolute atomic E-state index is 14.2. The van der Waals surface area contributed by atoms with Crippen molar-refractivity contribution in [1.29, 1.82) is 0 Å². The Bertz CT molecular complexity index is 1680. The fraction of sp³-hybridized carbons (Fsp3) is 0.200. The van der Waals surface area contributed by atoms with E-state index in [0.29, 0.717) is 12.1 Å². The molecule has 204 valence electrons. The first-order chi connectivity index (χ1) is 18.1. The fourth-order valence-corrected chi connectivity index (χ4v) is 6.04. The number of amides is 3. The van der Waals surface area contributed by atoms with Crippen LogP contribution in [0.5, 0.6) is 0 Å². The lowest BCUT2D eigenvalue weighted by molar-refractivity contribution is -0.137. The van der Waals surface area contributed by atoms with Gasteiger partial charge in [0.05, 0.1) is 27.9 Å². The van der Waals surface area contributed by atoms with E-state index in [-0.39, 0.29) is 57.0 Å². The predicted octanol–water partition coefficient (Wildman–Crippen LogP) is 5.47. The van der Waals surface area contributed by atoms with Crippen molar-refractivity contribution in [1.82, 2.24) is 5.32 Å². The van der Waals surface area contributed by atoms with Crippen molar-refractivity contribution in [2.45, 2.75) is 23.5 Å². The van der Waals surface area contributed by atoms with Gasteiger partial charge in [0.25, 0.3) is 5.91 Å². The molecule has 3 aromatic carbocycles. The minimum Gasteiger partial charge on any atom is -0.327 e. The molecule has 0 spiro atoms. The van der Waals surface area contributed by atoms with E-state index in [0.717, 1.165) is 24.5 Å². The molecule has 0 saturated carbocycles. The topological polar surface area (TPSA) is 95.6 Å². The second kappa shape index (κ2) is 9.19. The summed E-state index contributed by atoms with van der Waals surface area (Å²) in [7, 11) is -3.93. The van der Waals surface area contributed by atoms with Gasteiger partial charge in [0.15, 0.2) is 9.84 Å². The zero-order valence-corrected chi connectivity index (χ0v) is 21.4. The molecule has 0 fully saturated rings. The third kappa shape index (κ3) is 4.80. The minimum atomic E-state index is -4.94. The van der Waals surface area contributed by atoms with Gasteiger partial charge in [-0.2, -0.15) is 13.2 Å². The lowest BCUT2D eigenvalue weighted by Crippen LogP contribution is -2.46. The number of anilines is 2. The van der Waals surface area contributed by atoms with Gasteiger partial charge in [0.1, 0.15) is 11.6 Å². The van der Waals surface area contributed by atoms with Gasteiger partial charge in [0, 0.05) is 34.5 Å². The number of rotatable bonds is 4. The zero-order valence-electron chi connectivity index (χ0n) is 19.8. The number of benzene rings is 3. The SMILES string of the molecule is CS(=O)(=O)c1cc(NC(=O)c2cc(F)cc(C(F)(F)F)c2)c2c3c1CCN3C(=O)NC2c1cc(F)ccc1Cl. The molecule has 0 aromatic heterocycles. The maximum Gasteiger partial charge on any atom is 0.416 e. The molecular weight excluding hydrogens is 569 g/mol. The van der Waals surface area contributed by atoms with Gasteiger partial charge in [-0.05, 0) is 54.4 Å². The smallest absolute Gasteiger partial charge is 0.327 e. The molecule has 5 rings (SSSR count). The van der Waals surface area contributed by atoms with E-state index in [4.69, 9.17) is 11.6 Å². The normalized spacial score (nSPS) is 16.6. The number of alkyl halides is 3. The summed E-state index contributed by atoms with van der Waals surface area (Å²) in [5, 5.41) is 5.09. The standard InChI is InChI=1S/C25H17ClF5N3O4S/c1-39(37,38)19-10-18(32-23(35)11-6-12(25(29,30)31)8-14(28)7-11)20-21(16-9-13(27)2-3-17(16)26)33-24(36)34-5-4-15(19)22(20)34/h2-3,6-10,21H,4-5H2,1H3,(H,32,35)(H,33,36). The van der Waals surface area contributed by atoms with E-state index in [9.17, 15) is 40.0 Å². The fourth-order valence-electron chi connectivity index (χ4n) is 4.84. The van der Waals surface area contributed by atoms with Crippen LogP contribution in [0, 0.1) is 11.6 Å². The van der Waals surface area contributed by atoms with Crippen molar-refractivity contribution in [2.75, 3.05) is 23.0 Å². The van der Waals surface area contributed by atoms with Gasteiger partial charge in [0.2, 0.25) is 0 Å². The van der Waals surface area contributed by atoms with Crippen LogP contribution < -0.4 is 15.5 Å². The molecule has 0 bridgehead atoms. The molecule has 0 radical (unpaired) electrons. The van der Waals surface area contributed by atoms with Crippen LogP contribution in [-0.4, -0.2) is 33.2 Å². The highest BCUT2D eigenvalue weighted by Gasteiger charge is 2.42.